The Kier molecular flexibility index (Phi) is 7.21. The highest BCUT2D eigenvalue weighted by molar-refractivity contribution is 5.95. The molecule has 0 saturated heterocycles. The molecule has 2 aromatic rings. The van der Waals surface area contributed by atoms with Crippen molar-refractivity contribution in [2.24, 2.45) is 5.92 Å². The molecule has 138 valence electrons. The molecule has 0 aliphatic heterocycles. The first kappa shape index (κ1) is 19.5. The van der Waals surface area contributed by atoms with Crippen LogP contribution < -0.4 is 10.1 Å². The summed E-state index contributed by atoms with van der Waals surface area (Å²) in [4.78, 5) is 23.6. The number of carboxylic acid groups (broad SMARTS) is 1. The fourth-order valence-electron chi connectivity index (χ4n) is 2.79. The first-order valence-electron chi connectivity index (χ1n) is 8.90. The molecule has 0 saturated carbocycles. The van der Waals surface area contributed by atoms with Gasteiger partial charge in [0.05, 0.1) is 12.5 Å². The lowest BCUT2D eigenvalue weighted by atomic mass is 10.0. The summed E-state index contributed by atoms with van der Waals surface area (Å²) >= 11 is 0. The Bertz CT molecular complexity index is 757. The maximum absolute atomic E-state index is 12.4. The predicted molar refractivity (Wildman–Crippen MR) is 101 cm³/mol. The van der Waals surface area contributed by atoms with Crippen molar-refractivity contribution < 1.29 is 19.4 Å². The highest BCUT2D eigenvalue weighted by atomic mass is 16.5. The quantitative estimate of drug-likeness (QED) is 0.713. The summed E-state index contributed by atoms with van der Waals surface area (Å²) in [6, 6.07) is 14.9. The summed E-state index contributed by atoms with van der Waals surface area (Å²) in [5, 5.41) is 11.9. The molecule has 0 aromatic heterocycles. The van der Waals surface area contributed by atoms with E-state index in [1.807, 2.05) is 50.2 Å². The molecule has 0 aliphatic carbocycles. The van der Waals surface area contributed by atoms with Crippen LogP contribution in [-0.4, -0.2) is 30.1 Å². The highest BCUT2D eigenvalue weighted by Crippen LogP contribution is 2.30. The molecule has 0 fully saturated rings. The lowest BCUT2D eigenvalue weighted by Crippen LogP contribution is -2.32. The summed E-state index contributed by atoms with van der Waals surface area (Å²) in [6.07, 6.45) is 1.30. The number of hydrogen-bond acceptors (Lipinski definition) is 3. The van der Waals surface area contributed by atoms with E-state index in [2.05, 4.69) is 5.32 Å². The topological polar surface area (TPSA) is 75.6 Å². The number of carboxylic acids is 1. The Morgan fingerprint density at radius 1 is 1.12 bits per heavy atom. The summed E-state index contributed by atoms with van der Waals surface area (Å²) in [7, 11) is 0. The molecule has 0 radical (unpaired) electrons. The van der Waals surface area contributed by atoms with Gasteiger partial charge in [-0.25, -0.2) is 0 Å². The van der Waals surface area contributed by atoms with Crippen LogP contribution in [0.5, 0.6) is 5.75 Å². The second-order valence-electron chi connectivity index (χ2n) is 6.04. The molecule has 1 atom stereocenters. The second kappa shape index (κ2) is 9.61. The number of carbonyl (C=O) groups is 2. The number of aliphatic carboxylic acids is 1. The van der Waals surface area contributed by atoms with E-state index in [0.717, 1.165) is 23.3 Å². The predicted octanol–water partition coefficient (Wildman–Crippen LogP) is 3.98. The maximum atomic E-state index is 12.4. The van der Waals surface area contributed by atoms with Crippen LogP contribution in [0.1, 0.15) is 37.0 Å². The van der Waals surface area contributed by atoms with Gasteiger partial charge in [-0.15, -0.1) is 0 Å². The average molecular weight is 355 g/mol. The fraction of sp³-hybridized carbons (Fsp3) is 0.333. The fourth-order valence-corrected chi connectivity index (χ4v) is 2.79. The highest BCUT2D eigenvalue weighted by Gasteiger charge is 2.18. The summed E-state index contributed by atoms with van der Waals surface area (Å²) in [6.45, 7) is 4.54. The number of amides is 1. The van der Waals surface area contributed by atoms with E-state index in [9.17, 15) is 14.7 Å². The van der Waals surface area contributed by atoms with Gasteiger partial charge in [-0.05, 0) is 37.1 Å². The number of ether oxygens (including phenoxy) is 1. The van der Waals surface area contributed by atoms with Crippen molar-refractivity contribution in [1.29, 1.82) is 0 Å². The summed E-state index contributed by atoms with van der Waals surface area (Å²) in [5.74, 6) is -0.957. The van der Waals surface area contributed by atoms with Crippen molar-refractivity contribution in [2.45, 2.75) is 26.7 Å². The first-order valence-corrected chi connectivity index (χ1v) is 8.90. The van der Waals surface area contributed by atoms with Gasteiger partial charge in [0.2, 0.25) is 0 Å². The number of benzene rings is 2. The maximum Gasteiger partial charge on any atom is 0.308 e. The number of carbonyl (C=O) groups excluding carboxylic acids is 1. The van der Waals surface area contributed by atoms with Crippen molar-refractivity contribution in [2.75, 3.05) is 13.2 Å². The van der Waals surface area contributed by atoms with Crippen LogP contribution in [0.4, 0.5) is 0 Å². The van der Waals surface area contributed by atoms with Crippen LogP contribution in [0.3, 0.4) is 0 Å². The molecule has 1 unspecified atom stereocenters. The van der Waals surface area contributed by atoms with Crippen molar-refractivity contribution in [3.63, 3.8) is 0 Å². The average Bonchev–Trinajstić information content (AvgIpc) is 2.65. The van der Waals surface area contributed by atoms with Gasteiger partial charge >= 0.3 is 5.97 Å². The molecule has 0 bridgehead atoms. The molecule has 0 spiro atoms. The Labute approximate surface area is 154 Å². The van der Waals surface area contributed by atoms with E-state index < -0.39 is 11.9 Å². The van der Waals surface area contributed by atoms with Gasteiger partial charge in [0, 0.05) is 17.7 Å². The van der Waals surface area contributed by atoms with E-state index >= 15 is 0 Å². The molecular weight excluding hydrogens is 330 g/mol. The van der Waals surface area contributed by atoms with Gasteiger partial charge in [-0.3, -0.25) is 9.59 Å². The third-order valence-electron chi connectivity index (χ3n) is 4.12. The minimum absolute atomic E-state index is 0.127. The van der Waals surface area contributed by atoms with Crippen LogP contribution in [0, 0.1) is 5.92 Å². The van der Waals surface area contributed by atoms with Gasteiger partial charge in [0.15, 0.2) is 0 Å². The van der Waals surface area contributed by atoms with Crippen molar-refractivity contribution >= 4 is 11.9 Å². The van der Waals surface area contributed by atoms with Crippen molar-refractivity contribution in [1.82, 2.24) is 5.32 Å². The minimum atomic E-state index is -0.883. The molecule has 1 amide bonds. The molecule has 0 heterocycles. The molecule has 2 N–H and O–H groups in total. The lowest BCUT2D eigenvalue weighted by molar-refractivity contribution is -0.141. The van der Waals surface area contributed by atoms with E-state index in [4.69, 9.17) is 4.74 Å². The monoisotopic (exact) mass is 355 g/mol. The molecule has 2 rings (SSSR count). The molecule has 0 aliphatic rings. The molecule has 26 heavy (non-hydrogen) atoms. The van der Waals surface area contributed by atoms with E-state index in [1.165, 1.54) is 0 Å². The van der Waals surface area contributed by atoms with E-state index in [-0.39, 0.29) is 12.5 Å². The number of rotatable bonds is 9. The molecular formula is C21H25NO4. The van der Waals surface area contributed by atoms with Crippen LogP contribution in [-0.2, 0) is 4.79 Å². The SMILES string of the molecule is CCCC(CNC(=O)c1cccc(-c2ccccc2OCC)c1)C(=O)O. The smallest absolute Gasteiger partial charge is 0.308 e. The zero-order valence-corrected chi connectivity index (χ0v) is 15.2. The Morgan fingerprint density at radius 2 is 1.88 bits per heavy atom. The molecule has 5 heteroatoms. The van der Waals surface area contributed by atoms with Gasteiger partial charge in [-0.2, -0.15) is 0 Å². The summed E-state index contributed by atoms with van der Waals surface area (Å²) < 4.78 is 5.66. The third-order valence-corrected chi connectivity index (χ3v) is 4.12. The van der Waals surface area contributed by atoms with Gasteiger partial charge in [0.25, 0.3) is 5.91 Å². The zero-order valence-electron chi connectivity index (χ0n) is 15.2. The van der Waals surface area contributed by atoms with Gasteiger partial charge < -0.3 is 15.2 Å². The third kappa shape index (κ3) is 5.09. The van der Waals surface area contributed by atoms with Crippen molar-refractivity contribution in [3.05, 3.63) is 54.1 Å². The zero-order chi connectivity index (χ0) is 18.9. The van der Waals surface area contributed by atoms with Gasteiger partial charge in [0.1, 0.15) is 5.75 Å². The minimum Gasteiger partial charge on any atom is -0.493 e. The Hall–Kier alpha value is -2.82. The van der Waals surface area contributed by atoms with Crippen LogP contribution in [0.2, 0.25) is 0 Å². The van der Waals surface area contributed by atoms with Crippen LogP contribution in [0.15, 0.2) is 48.5 Å². The number of nitrogens with one attached hydrogen (secondary N) is 1. The number of para-hydroxylation sites is 1. The number of hydrogen-bond donors (Lipinski definition) is 2. The van der Waals surface area contributed by atoms with E-state index in [0.29, 0.717) is 18.6 Å². The van der Waals surface area contributed by atoms with Crippen molar-refractivity contribution in [3.8, 4) is 16.9 Å². The summed E-state index contributed by atoms with van der Waals surface area (Å²) in [5.41, 5.74) is 2.29. The second-order valence-corrected chi connectivity index (χ2v) is 6.04. The normalized spacial score (nSPS) is 11.6. The molecule has 5 nitrogen and oxygen atoms in total. The standard InChI is InChI=1S/C21H25NO4/c1-3-8-17(21(24)25)14-22-20(23)16-10-7-9-15(13-16)18-11-5-6-12-19(18)26-4-2/h5-7,9-13,17H,3-4,8,14H2,1-2H3,(H,22,23)(H,24,25). The van der Waals surface area contributed by atoms with E-state index in [1.54, 1.807) is 12.1 Å². The van der Waals surface area contributed by atoms with Crippen LogP contribution >= 0.6 is 0 Å². The van der Waals surface area contributed by atoms with Crippen LogP contribution in [0.25, 0.3) is 11.1 Å². The van der Waals surface area contributed by atoms with Gasteiger partial charge in [-0.1, -0.05) is 43.7 Å². The first-order chi connectivity index (χ1) is 12.6. The largest absolute Gasteiger partial charge is 0.493 e. The Morgan fingerprint density at radius 3 is 2.58 bits per heavy atom. The Balaban J connectivity index is 2.16. The molecule has 2 aromatic carbocycles. The lowest BCUT2D eigenvalue weighted by Gasteiger charge is -2.13.